The number of hydrogen-bond donors (Lipinski definition) is 1. The Hall–Kier alpha value is -2.08. The topological polar surface area (TPSA) is 68.7 Å². The molecule has 1 aromatic heterocycles. The van der Waals surface area contributed by atoms with E-state index in [0.717, 1.165) is 5.56 Å². The summed E-state index contributed by atoms with van der Waals surface area (Å²) in [7, 11) is 1.56. The average molecular weight is 279 g/mol. The van der Waals surface area contributed by atoms with E-state index in [0.29, 0.717) is 23.1 Å². The second kappa shape index (κ2) is 5.71. The highest BCUT2D eigenvalue weighted by Crippen LogP contribution is 2.33. The number of carboxylic acids is 1. The fourth-order valence-electron chi connectivity index (χ4n) is 1.58. The van der Waals surface area contributed by atoms with E-state index in [1.54, 1.807) is 19.2 Å². The summed E-state index contributed by atoms with van der Waals surface area (Å²) in [5.74, 6) is 0.232. The van der Waals surface area contributed by atoms with Gasteiger partial charge < -0.3 is 14.6 Å². The number of rotatable bonds is 5. The fourth-order valence-corrected chi connectivity index (χ4v) is 2.37. The molecule has 100 valence electrons. The normalized spacial score (nSPS) is 10.2. The summed E-state index contributed by atoms with van der Waals surface area (Å²) in [6, 6.07) is 5.41. The molecular formula is C13H13NO4S. The smallest absolute Gasteiger partial charge is 0.355 e. The van der Waals surface area contributed by atoms with Gasteiger partial charge in [0.25, 0.3) is 0 Å². The van der Waals surface area contributed by atoms with Gasteiger partial charge in [0.05, 0.1) is 13.7 Å². The molecule has 1 aromatic carbocycles. The minimum atomic E-state index is -1.03. The number of carbonyl (C=O) groups is 1. The van der Waals surface area contributed by atoms with Crippen LogP contribution in [0.25, 0.3) is 10.6 Å². The quantitative estimate of drug-likeness (QED) is 0.911. The number of hydrogen-bond acceptors (Lipinski definition) is 5. The molecule has 0 bridgehead atoms. The van der Waals surface area contributed by atoms with Crippen molar-refractivity contribution in [2.24, 2.45) is 0 Å². The standard InChI is InChI=1S/C13H13NO4S/c1-3-18-10-5-4-8(6-11(10)17-2)12-14-9(7-19-12)13(15)16/h4-7H,3H2,1-2H3,(H,15,16). The van der Waals surface area contributed by atoms with E-state index in [4.69, 9.17) is 14.6 Å². The third-order valence-electron chi connectivity index (χ3n) is 2.43. The molecule has 0 aliphatic rings. The Morgan fingerprint density at radius 1 is 1.42 bits per heavy atom. The molecule has 2 aromatic rings. The van der Waals surface area contributed by atoms with Crippen LogP contribution in [0.3, 0.4) is 0 Å². The summed E-state index contributed by atoms with van der Waals surface area (Å²) in [4.78, 5) is 14.9. The number of carboxylic acid groups (broad SMARTS) is 1. The molecule has 1 N–H and O–H groups in total. The first-order chi connectivity index (χ1) is 9.15. The number of ether oxygens (including phenoxy) is 2. The average Bonchev–Trinajstić information content (AvgIpc) is 2.89. The first kappa shape index (κ1) is 13.4. The van der Waals surface area contributed by atoms with Gasteiger partial charge in [-0.15, -0.1) is 11.3 Å². The number of aromatic nitrogens is 1. The summed E-state index contributed by atoms with van der Waals surface area (Å²) < 4.78 is 10.7. The Bertz CT molecular complexity index is 594. The molecule has 0 spiro atoms. The van der Waals surface area contributed by atoms with Gasteiger partial charge in [0.15, 0.2) is 17.2 Å². The number of nitrogens with zero attached hydrogens (tertiary/aromatic N) is 1. The van der Waals surface area contributed by atoms with E-state index in [9.17, 15) is 4.79 Å². The van der Waals surface area contributed by atoms with E-state index in [-0.39, 0.29) is 5.69 Å². The Balaban J connectivity index is 2.36. The molecule has 0 unspecified atom stereocenters. The Morgan fingerprint density at radius 2 is 2.21 bits per heavy atom. The van der Waals surface area contributed by atoms with Crippen molar-refractivity contribution in [3.63, 3.8) is 0 Å². The molecule has 6 heteroatoms. The van der Waals surface area contributed by atoms with E-state index in [1.807, 2.05) is 13.0 Å². The molecule has 5 nitrogen and oxygen atoms in total. The van der Waals surface area contributed by atoms with Gasteiger partial charge in [-0.3, -0.25) is 0 Å². The third kappa shape index (κ3) is 2.85. The zero-order valence-corrected chi connectivity index (χ0v) is 11.4. The second-order valence-corrected chi connectivity index (χ2v) is 4.50. The van der Waals surface area contributed by atoms with Gasteiger partial charge in [0, 0.05) is 10.9 Å². The molecule has 0 saturated carbocycles. The first-order valence-electron chi connectivity index (χ1n) is 5.65. The van der Waals surface area contributed by atoms with Gasteiger partial charge in [-0.1, -0.05) is 0 Å². The maximum atomic E-state index is 10.8. The molecule has 0 fully saturated rings. The third-order valence-corrected chi connectivity index (χ3v) is 3.33. The zero-order valence-electron chi connectivity index (χ0n) is 10.5. The fraction of sp³-hybridized carbons (Fsp3) is 0.231. The van der Waals surface area contributed by atoms with Gasteiger partial charge in [-0.2, -0.15) is 0 Å². The van der Waals surface area contributed by atoms with Crippen LogP contribution in [0, 0.1) is 0 Å². The van der Waals surface area contributed by atoms with Crippen molar-refractivity contribution in [1.29, 1.82) is 0 Å². The molecule has 19 heavy (non-hydrogen) atoms. The lowest BCUT2D eigenvalue weighted by molar-refractivity contribution is 0.0691. The maximum Gasteiger partial charge on any atom is 0.355 e. The first-order valence-corrected chi connectivity index (χ1v) is 6.53. The van der Waals surface area contributed by atoms with Crippen LogP contribution in [-0.2, 0) is 0 Å². The molecule has 0 aliphatic heterocycles. The lowest BCUT2D eigenvalue weighted by atomic mass is 10.2. The van der Waals surface area contributed by atoms with Crippen LogP contribution >= 0.6 is 11.3 Å². The van der Waals surface area contributed by atoms with Crippen LogP contribution in [0.15, 0.2) is 23.6 Å². The van der Waals surface area contributed by atoms with Gasteiger partial charge in [-0.25, -0.2) is 9.78 Å². The minimum Gasteiger partial charge on any atom is -0.493 e. The minimum absolute atomic E-state index is 0.0489. The van der Waals surface area contributed by atoms with Crippen LogP contribution in [0.2, 0.25) is 0 Å². The van der Waals surface area contributed by atoms with Gasteiger partial charge in [0.1, 0.15) is 5.01 Å². The zero-order chi connectivity index (χ0) is 13.8. The van der Waals surface area contributed by atoms with Crippen LogP contribution < -0.4 is 9.47 Å². The predicted molar refractivity (Wildman–Crippen MR) is 72.2 cm³/mol. The lowest BCUT2D eigenvalue weighted by Gasteiger charge is -2.09. The summed E-state index contributed by atoms with van der Waals surface area (Å²) in [6.07, 6.45) is 0. The van der Waals surface area contributed by atoms with Crippen LogP contribution in [0.1, 0.15) is 17.4 Å². The van der Waals surface area contributed by atoms with E-state index in [1.165, 1.54) is 16.7 Å². The van der Waals surface area contributed by atoms with Crippen LogP contribution in [0.4, 0.5) is 0 Å². The monoisotopic (exact) mass is 279 g/mol. The highest BCUT2D eigenvalue weighted by Gasteiger charge is 2.12. The molecular weight excluding hydrogens is 266 g/mol. The Morgan fingerprint density at radius 3 is 2.79 bits per heavy atom. The van der Waals surface area contributed by atoms with Crippen LogP contribution in [0.5, 0.6) is 11.5 Å². The number of benzene rings is 1. The maximum absolute atomic E-state index is 10.8. The largest absolute Gasteiger partial charge is 0.493 e. The van der Waals surface area contributed by atoms with E-state index in [2.05, 4.69) is 4.98 Å². The molecule has 1 heterocycles. The number of methoxy groups -OCH3 is 1. The highest BCUT2D eigenvalue weighted by molar-refractivity contribution is 7.13. The molecule has 2 rings (SSSR count). The summed E-state index contributed by atoms with van der Waals surface area (Å²) in [5, 5.41) is 11.0. The second-order valence-electron chi connectivity index (χ2n) is 3.64. The Kier molecular flexibility index (Phi) is 4.01. The van der Waals surface area contributed by atoms with Crippen molar-refractivity contribution in [3.8, 4) is 22.1 Å². The molecule has 0 radical (unpaired) electrons. The molecule has 0 amide bonds. The lowest BCUT2D eigenvalue weighted by Crippen LogP contribution is -1.96. The Labute approximate surface area is 114 Å². The van der Waals surface area contributed by atoms with Crippen molar-refractivity contribution >= 4 is 17.3 Å². The van der Waals surface area contributed by atoms with E-state index < -0.39 is 5.97 Å². The molecule has 0 aliphatic carbocycles. The van der Waals surface area contributed by atoms with Crippen molar-refractivity contribution in [1.82, 2.24) is 4.98 Å². The van der Waals surface area contributed by atoms with Gasteiger partial charge in [-0.05, 0) is 25.1 Å². The van der Waals surface area contributed by atoms with Gasteiger partial charge in [0.2, 0.25) is 0 Å². The summed E-state index contributed by atoms with van der Waals surface area (Å²) in [6.45, 7) is 2.45. The summed E-state index contributed by atoms with van der Waals surface area (Å²) in [5.41, 5.74) is 0.852. The summed E-state index contributed by atoms with van der Waals surface area (Å²) >= 11 is 1.28. The van der Waals surface area contributed by atoms with Crippen LogP contribution in [-0.4, -0.2) is 29.8 Å². The van der Waals surface area contributed by atoms with Crippen molar-refractivity contribution in [3.05, 3.63) is 29.3 Å². The number of thiazole rings is 1. The molecule has 0 atom stereocenters. The van der Waals surface area contributed by atoms with Crippen molar-refractivity contribution in [2.75, 3.05) is 13.7 Å². The SMILES string of the molecule is CCOc1ccc(-c2nc(C(=O)O)cs2)cc1OC. The predicted octanol–water partition coefficient (Wildman–Crippen LogP) is 2.92. The van der Waals surface area contributed by atoms with E-state index >= 15 is 0 Å². The number of aromatic carboxylic acids is 1. The van der Waals surface area contributed by atoms with Crippen molar-refractivity contribution < 1.29 is 19.4 Å². The van der Waals surface area contributed by atoms with Crippen molar-refractivity contribution in [2.45, 2.75) is 6.92 Å². The van der Waals surface area contributed by atoms with Gasteiger partial charge >= 0.3 is 5.97 Å². The molecule has 0 saturated heterocycles. The highest BCUT2D eigenvalue weighted by atomic mass is 32.1.